The molecular formula is C25H41NO6Si. The topological polar surface area (TPSA) is 88.5 Å². The van der Waals surface area contributed by atoms with E-state index >= 15 is 0 Å². The number of amides is 1. The van der Waals surface area contributed by atoms with Gasteiger partial charge in [0.2, 0.25) is 5.91 Å². The fourth-order valence-electron chi connectivity index (χ4n) is 4.44. The van der Waals surface area contributed by atoms with Crippen LogP contribution in [-0.2, 0) is 25.2 Å². The summed E-state index contributed by atoms with van der Waals surface area (Å²) in [5, 5.41) is 20.2. The molecule has 0 saturated carbocycles. The van der Waals surface area contributed by atoms with Crippen LogP contribution in [0.25, 0.3) is 0 Å². The van der Waals surface area contributed by atoms with Gasteiger partial charge in [0.15, 0.2) is 14.1 Å². The monoisotopic (exact) mass is 479 g/mol. The van der Waals surface area contributed by atoms with Crippen molar-refractivity contribution in [2.45, 2.75) is 108 Å². The van der Waals surface area contributed by atoms with Crippen LogP contribution in [0.3, 0.4) is 0 Å². The van der Waals surface area contributed by atoms with Crippen LogP contribution in [0.15, 0.2) is 30.3 Å². The lowest BCUT2D eigenvalue weighted by Gasteiger charge is -2.45. The maximum Gasteiger partial charge on any atom is 0.223 e. The minimum Gasteiger partial charge on any atom is -0.409 e. The van der Waals surface area contributed by atoms with E-state index in [0.717, 1.165) is 5.56 Å². The molecule has 5 atom stereocenters. The van der Waals surface area contributed by atoms with Gasteiger partial charge in [-0.2, -0.15) is 0 Å². The van der Waals surface area contributed by atoms with Crippen molar-refractivity contribution in [3.8, 4) is 0 Å². The lowest BCUT2D eigenvalue weighted by atomic mass is 9.96. The average molecular weight is 480 g/mol. The predicted octanol–water partition coefficient (Wildman–Crippen LogP) is 3.44. The number of aliphatic hydroxyl groups is 2. The van der Waals surface area contributed by atoms with Crippen LogP contribution in [0.2, 0.25) is 18.1 Å². The van der Waals surface area contributed by atoms with Crippen LogP contribution in [0, 0.1) is 0 Å². The van der Waals surface area contributed by atoms with Gasteiger partial charge in [0.05, 0.1) is 18.8 Å². The van der Waals surface area contributed by atoms with Gasteiger partial charge in [0.1, 0.15) is 18.3 Å². The smallest absolute Gasteiger partial charge is 0.223 e. The van der Waals surface area contributed by atoms with E-state index in [2.05, 4.69) is 33.9 Å². The first-order chi connectivity index (χ1) is 15.3. The van der Waals surface area contributed by atoms with Crippen LogP contribution in [0.4, 0.5) is 0 Å². The fourth-order valence-corrected chi connectivity index (χ4v) is 5.76. The second kappa shape index (κ2) is 9.75. The first kappa shape index (κ1) is 26.3. The third kappa shape index (κ3) is 5.86. The summed E-state index contributed by atoms with van der Waals surface area (Å²) in [6.07, 6.45) is -1.89. The summed E-state index contributed by atoms with van der Waals surface area (Å²) < 4.78 is 19.3. The molecule has 1 amide bonds. The highest BCUT2D eigenvalue weighted by atomic mass is 28.4. The second-order valence-corrected chi connectivity index (χ2v) is 16.0. The highest BCUT2D eigenvalue weighted by Gasteiger charge is 2.55. The molecular weight excluding hydrogens is 438 g/mol. The molecule has 3 rings (SSSR count). The summed E-state index contributed by atoms with van der Waals surface area (Å²) >= 11 is 0. The molecule has 2 aliphatic heterocycles. The Bertz CT molecular complexity index is 809. The molecule has 186 valence electrons. The molecule has 7 nitrogen and oxygen atoms in total. The van der Waals surface area contributed by atoms with E-state index < -0.39 is 45.1 Å². The molecule has 0 aromatic heterocycles. The Kier molecular flexibility index (Phi) is 7.78. The van der Waals surface area contributed by atoms with Crippen molar-refractivity contribution in [3.05, 3.63) is 35.9 Å². The van der Waals surface area contributed by atoms with Gasteiger partial charge < -0.3 is 29.0 Å². The number of likely N-dealkylation sites (tertiary alicyclic amines) is 1. The predicted molar refractivity (Wildman–Crippen MR) is 129 cm³/mol. The van der Waals surface area contributed by atoms with Crippen LogP contribution < -0.4 is 0 Å². The van der Waals surface area contributed by atoms with Crippen molar-refractivity contribution in [2.24, 2.45) is 0 Å². The molecule has 0 bridgehead atoms. The van der Waals surface area contributed by atoms with Crippen molar-refractivity contribution < 1.29 is 28.9 Å². The highest BCUT2D eigenvalue weighted by molar-refractivity contribution is 6.74. The lowest BCUT2D eigenvalue weighted by molar-refractivity contribution is -0.163. The van der Waals surface area contributed by atoms with E-state index in [-0.39, 0.29) is 17.0 Å². The molecule has 8 heteroatoms. The number of nitrogens with zero attached hydrogens (tertiary/aromatic N) is 1. The molecule has 2 fully saturated rings. The zero-order valence-corrected chi connectivity index (χ0v) is 22.1. The van der Waals surface area contributed by atoms with Crippen molar-refractivity contribution in [2.75, 3.05) is 6.61 Å². The molecule has 2 aliphatic rings. The molecule has 2 saturated heterocycles. The van der Waals surface area contributed by atoms with Gasteiger partial charge in [-0.3, -0.25) is 4.79 Å². The van der Waals surface area contributed by atoms with Crippen molar-refractivity contribution in [1.29, 1.82) is 0 Å². The number of aliphatic hydroxyl groups excluding tert-OH is 2. The number of carbonyl (C=O) groups is 1. The van der Waals surface area contributed by atoms with Crippen LogP contribution in [0.5, 0.6) is 0 Å². The Labute approximate surface area is 199 Å². The molecule has 0 radical (unpaired) electrons. The summed E-state index contributed by atoms with van der Waals surface area (Å²) in [6, 6.07) is 9.72. The normalized spacial score (nSPS) is 27.7. The Morgan fingerprint density at radius 1 is 1.18 bits per heavy atom. The number of benzene rings is 1. The van der Waals surface area contributed by atoms with E-state index in [1.165, 1.54) is 0 Å². The van der Waals surface area contributed by atoms with Gasteiger partial charge in [-0.25, -0.2) is 0 Å². The number of carbonyl (C=O) groups excluding carboxylic acids is 1. The average Bonchev–Trinajstić information content (AvgIpc) is 3.25. The van der Waals surface area contributed by atoms with Crippen LogP contribution in [0.1, 0.15) is 53.0 Å². The maximum absolute atomic E-state index is 13.0. The third-order valence-corrected chi connectivity index (χ3v) is 11.7. The van der Waals surface area contributed by atoms with Gasteiger partial charge in [-0.15, -0.1) is 0 Å². The minimum atomic E-state index is -2.29. The van der Waals surface area contributed by atoms with E-state index in [4.69, 9.17) is 13.9 Å². The molecule has 2 N–H and O–H groups in total. The third-order valence-electron chi connectivity index (χ3n) is 7.24. The van der Waals surface area contributed by atoms with E-state index in [1.54, 1.807) is 13.8 Å². The number of ether oxygens (including phenoxy) is 2. The first-order valence-corrected chi connectivity index (χ1v) is 14.8. The highest BCUT2D eigenvalue weighted by Crippen LogP contribution is 2.43. The van der Waals surface area contributed by atoms with Crippen molar-refractivity contribution in [3.63, 3.8) is 0 Å². The van der Waals surface area contributed by atoms with Gasteiger partial charge in [-0.05, 0) is 44.0 Å². The SMILES string of the molecule is CC1(C)O[C@H]([C@H](O[Si](C)(C)C(C)(C)C)[C@@H]2CCC(=O)N2Cc2ccccc2)[C@@H]([C@H](O)CO)O1. The lowest BCUT2D eigenvalue weighted by Crippen LogP contribution is -2.58. The molecule has 2 heterocycles. The zero-order valence-electron chi connectivity index (χ0n) is 21.1. The summed E-state index contributed by atoms with van der Waals surface area (Å²) in [4.78, 5) is 14.9. The van der Waals surface area contributed by atoms with Gasteiger partial charge >= 0.3 is 0 Å². The van der Waals surface area contributed by atoms with Crippen molar-refractivity contribution in [1.82, 2.24) is 4.90 Å². The molecule has 0 aliphatic carbocycles. The second-order valence-electron chi connectivity index (χ2n) is 11.3. The Morgan fingerprint density at radius 3 is 2.36 bits per heavy atom. The quantitative estimate of drug-likeness (QED) is 0.556. The number of rotatable bonds is 8. The molecule has 33 heavy (non-hydrogen) atoms. The largest absolute Gasteiger partial charge is 0.409 e. The summed E-state index contributed by atoms with van der Waals surface area (Å²) in [6.45, 7) is 14.5. The van der Waals surface area contributed by atoms with E-state index in [1.807, 2.05) is 35.2 Å². The van der Waals surface area contributed by atoms with E-state index in [9.17, 15) is 15.0 Å². The Morgan fingerprint density at radius 2 is 1.79 bits per heavy atom. The van der Waals surface area contributed by atoms with Crippen LogP contribution >= 0.6 is 0 Å². The van der Waals surface area contributed by atoms with E-state index in [0.29, 0.717) is 19.4 Å². The van der Waals surface area contributed by atoms with Crippen LogP contribution in [-0.4, -0.2) is 72.2 Å². The number of hydrogen-bond acceptors (Lipinski definition) is 6. The molecule has 1 aromatic rings. The minimum absolute atomic E-state index is 0.0573. The summed E-state index contributed by atoms with van der Waals surface area (Å²) in [7, 11) is -2.29. The van der Waals surface area contributed by atoms with Gasteiger partial charge in [0.25, 0.3) is 0 Å². The molecule has 1 aromatic carbocycles. The Hall–Kier alpha value is -1.29. The summed E-state index contributed by atoms with van der Waals surface area (Å²) in [5.41, 5.74) is 1.06. The maximum atomic E-state index is 13.0. The fraction of sp³-hybridized carbons (Fsp3) is 0.720. The van der Waals surface area contributed by atoms with Crippen molar-refractivity contribution >= 4 is 14.2 Å². The number of hydrogen-bond donors (Lipinski definition) is 2. The summed E-state index contributed by atoms with van der Waals surface area (Å²) in [5.74, 6) is -0.849. The Balaban J connectivity index is 1.99. The molecule has 0 spiro atoms. The standard InChI is InChI=1S/C25H41NO6Si/c1-24(2,3)33(6,7)32-21(23-22(19(28)16-27)30-25(4,5)31-23)18-13-14-20(29)26(18)15-17-11-9-8-10-12-17/h8-12,18-19,21-23,27-28H,13-16H2,1-7H3/t18-,19+,21+,22+,23+/m0/s1. The van der Waals surface area contributed by atoms with Gasteiger partial charge in [-0.1, -0.05) is 51.1 Å². The first-order valence-electron chi connectivity index (χ1n) is 11.9. The van der Waals surface area contributed by atoms with Gasteiger partial charge in [0, 0.05) is 13.0 Å². The molecule has 0 unspecified atom stereocenters. The zero-order chi connectivity index (χ0) is 24.6.